The van der Waals surface area contributed by atoms with Gasteiger partial charge in [-0.2, -0.15) is 4.98 Å². The first-order valence-electron chi connectivity index (χ1n) is 6.06. The first-order chi connectivity index (χ1) is 7.92. The second-order valence-corrected chi connectivity index (χ2v) is 4.61. The molecule has 2 fully saturated rings. The van der Waals surface area contributed by atoms with Crippen LogP contribution in [0.15, 0.2) is 4.52 Å². The molecule has 2 unspecified atom stereocenters. The van der Waals surface area contributed by atoms with Crippen LogP contribution in [0, 0.1) is 5.92 Å². The summed E-state index contributed by atoms with van der Waals surface area (Å²) in [6, 6.07) is 0. The fraction of sp³-hybridized carbons (Fsp3) is 0.818. The summed E-state index contributed by atoms with van der Waals surface area (Å²) in [5.74, 6) is 2.15. The second kappa shape index (κ2) is 5.80. The summed E-state index contributed by atoms with van der Waals surface area (Å²) in [6.07, 6.45) is 4.29. The molecule has 0 aromatic carbocycles. The minimum Gasteiger partial charge on any atom is -0.370 e. The third kappa shape index (κ3) is 2.97. The third-order valence-corrected chi connectivity index (χ3v) is 3.33. The highest BCUT2D eigenvalue weighted by Crippen LogP contribution is 2.26. The monoisotopic (exact) mass is 259 g/mol. The molecule has 3 heterocycles. The normalized spacial score (nSPS) is 28.2. The SMILES string of the molecule is C1COC(c2noc(CC3CCNC3)n2)C1.Cl. The van der Waals surface area contributed by atoms with Crippen molar-refractivity contribution in [2.75, 3.05) is 19.7 Å². The summed E-state index contributed by atoms with van der Waals surface area (Å²) in [6.45, 7) is 3.00. The highest BCUT2D eigenvalue weighted by Gasteiger charge is 2.24. The number of nitrogens with one attached hydrogen (secondary N) is 1. The molecular formula is C11H18ClN3O2. The van der Waals surface area contributed by atoms with Crippen LogP contribution >= 0.6 is 12.4 Å². The molecule has 2 atom stereocenters. The van der Waals surface area contributed by atoms with Gasteiger partial charge in [0.05, 0.1) is 0 Å². The molecule has 2 saturated heterocycles. The van der Waals surface area contributed by atoms with Crippen LogP contribution in [0.25, 0.3) is 0 Å². The predicted octanol–water partition coefficient (Wildman–Crippen LogP) is 1.49. The van der Waals surface area contributed by atoms with Gasteiger partial charge >= 0.3 is 0 Å². The van der Waals surface area contributed by atoms with Crippen LogP contribution < -0.4 is 5.32 Å². The van der Waals surface area contributed by atoms with Gasteiger partial charge in [-0.3, -0.25) is 0 Å². The fourth-order valence-electron chi connectivity index (χ4n) is 2.40. The Bertz CT molecular complexity index is 346. The van der Waals surface area contributed by atoms with Gasteiger partial charge in [-0.25, -0.2) is 0 Å². The number of aromatic nitrogens is 2. The highest BCUT2D eigenvalue weighted by atomic mass is 35.5. The van der Waals surface area contributed by atoms with Crippen molar-refractivity contribution >= 4 is 12.4 Å². The van der Waals surface area contributed by atoms with Crippen LogP contribution in [0.3, 0.4) is 0 Å². The smallest absolute Gasteiger partial charge is 0.227 e. The average molecular weight is 260 g/mol. The largest absolute Gasteiger partial charge is 0.370 e. The number of rotatable bonds is 3. The molecule has 0 radical (unpaired) electrons. The minimum atomic E-state index is 0. The molecule has 3 rings (SSSR count). The van der Waals surface area contributed by atoms with E-state index in [4.69, 9.17) is 9.26 Å². The lowest BCUT2D eigenvalue weighted by Crippen LogP contribution is -2.11. The zero-order valence-corrected chi connectivity index (χ0v) is 10.5. The van der Waals surface area contributed by atoms with Gasteiger partial charge in [-0.05, 0) is 38.3 Å². The predicted molar refractivity (Wildman–Crippen MR) is 64.2 cm³/mol. The van der Waals surface area contributed by atoms with Crippen LogP contribution in [0.5, 0.6) is 0 Å². The molecule has 2 aliphatic heterocycles. The molecule has 6 heteroatoms. The van der Waals surface area contributed by atoms with Gasteiger partial charge in [0, 0.05) is 13.0 Å². The molecule has 0 amide bonds. The van der Waals surface area contributed by atoms with Crippen molar-refractivity contribution in [2.24, 2.45) is 5.92 Å². The molecule has 0 bridgehead atoms. The van der Waals surface area contributed by atoms with Gasteiger partial charge < -0.3 is 14.6 Å². The molecular weight excluding hydrogens is 242 g/mol. The third-order valence-electron chi connectivity index (χ3n) is 3.33. The molecule has 5 nitrogen and oxygen atoms in total. The van der Waals surface area contributed by atoms with Crippen LogP contribution in [0.2, 0.25) is 0 Å². The van der Waals surface area contributed by atoms with Crippen molar-refractivity contribution in [3.8, 4) is 0 Å². The average Bonchev–Trinajstić information content (AvgIpc) is 2.99. The Labute approximate surface area is 107 Å². The molecule has 17 heavy (non-hydrogen) atoms. The van der Waals surface area contributed by atoms with Crippen molar-refractivity contribution in [2.45, 2.75) is 31.8 Å². The van der Waals surface area contributed by atoms with E-state index in [2.05, 4.69) is 15.5 Å². The Hall–Kier alpha value is -0.650. The lowest BCUT2D eigenvalue weighted by molar-refractivity contribution is 0.103. The van der Waals surface area contributed by atoms with Crippen molar-refractivity contribution in [1.29, 1.82) is 0 Å². The summed E-state index contributed by atoms with van der Waals surface area (Å²) in [7, 11) is 0. The first-order valence-corrected chi connectivity index (χ1v) is 6.06. The van der Waals surface area contributed by atoms with E-state index in [9.17, 15) is 0 Å². The van der Waals surface area contributed by atoms with E-state index in [1.807, 2.05) is 0 Å². The van der Waals surface area contributed by atoms with Crippen LogP contribution in [-0.2, 0) is 11.2 Å². The van der Waals surface area contributed by atoms with Gasteiger partial charge in [0.2, 0.25) is 11.7 Å². The number of hydrogen-bond donors (Lipinski definition) is 1. The molecule has 1 aromatic rings. The molecule has 0 aliphatic carbocycles. The van der Waals surface area contributed by atoms with Crippen molar-refractivity contribution in [1.82, 2.24) is 15.5 Å². The van der Waals surface area contributed by atoms with E-state index >= 15 is 0 Å². The number of hydrogen-bond acceptors (Lipinski definition) is 5. The maximum absolute atomic E-state index is 5.52. The van der Waals surface area contributed by atoms with Crippen molar-refractivity contribution in [3.63, 3.8) is 0 Å². The molecule has 1 aromatic heterocycles. The van der Waals surface area contributed by atoms with E-state index in [1.54, 1.807) is 0 Å². The lowest BCUT2D eigenvalue weighted by atomic mass is 10.1. The Balaban J connectivity index is 0.00000108. The van der Waals surface area contributed by atoms with Gasteiger partial charge in [0.1, 0.15) is 6.10 Å². The Morgan fingerprint density at radius 1 is 1.35 bits per heavy atom. The van der Waals surface area contributed by atoms with E-state index in [0.717, 1.165) is 50.7 Å². The van der Waals surface area contributed by atoms with Gasteiger partial charge in [-0.15, -0.1) is 12.4 Å². The van der Waals surface area contributed by atoms with E-state index < -0.39 is 0 Å². The van der Waals surface area contributed by atoms with Crippen LogP contribution in [0.1, 0.15) is 37.1 Å². The Morgan fingerprint density at radius 3 is 3.00 bits per heavy atom. The van der Waals surface area contributed by atoms with E-state index in [-0.39, 0.29) is 18.5 Å². The zero-order valence-electron chi connectivity index (χ0n) is 9.72. The first kappa shape index (κ1) is 12.8. The highest BCUT2D eigenvalue weighted by molar-refractivity contribution is 5.85. The topological polar surface area (TPSA) is 60.2 Å². The van der Waals surface area contributed by atoms with Crippen molar-refractivity contribution in [3.05, 3.63) is 11.7 Å². The minimum absolute atomic E-state index is 0. The summed E-state index contributed by atoms with van der Waals surface area (Å²) in [5.41, 5.74) is 0. The maximum atomic E-state index is 5.52. The number of nitrogens with zero attached hydrogens (tertiary/aromatic N) is 2. The summed E-state index contributed by atoms with van der Waals surface area (Å²) < 4.78 is 10.8. The molecule has 0 saturated carbocycles. The van der Waals surface area contributed by atoms with Gasteiger partial charge in [-0.1, -0.05) is 5.16 Å². The Kier molecular flexibility index (Phi) is 4.36. The van der Waals surface area contributed by atoms with Gasteiger partial charge in [0.15, 0.2) is 0 Å². The summed E-state index contributed by atoms with van der Waals surface area (Å²) in [4.78, 5) is 4.43. The van der Waals surface area contributed by atoms with Crippen molar-refractivity contribution < 1.29 is 9.26 Å². The van der Waals surface area contributed by atoms with E-state index in [1.165, 1.54) is 6.42 Å². The maximum Gasteiger partial charge on any atom is 0.227 e. The number of halogens is 1. The van der Waals surface area contributed by atoms with Crippen LogP contribution in [-0.4, -0.2) is 29.8 Å². The fourth-order valence-corrected chi connectivity index (χ4v) is 2.40. The van der Waals surface area contributed by atoms with E-state index in [0.29, 0.717) is 5.92 Å². The van der Waals surface area contributed by atoms with Gasteiger partial charge in [0.25, 0.3) is 0 Å². The lowest BCUT2D eigenvalue weighted by Gasteiger charge is -2.03. The summed E-state index contributed by atoms with van der Waals surface area (Å²) in [5, 5.41) is 7.35. The zero-order chi connectivity index (χ0) is 10.8. The standard InChI is InChI=1S/C11H17N3O2.ClH/c1-2-9(15-5-1)11-13-10(16-14-11)6-8-3-4-12-7-8;/h8-9,12H,1-7H2;1H. The molecule has 1 N–H and O–H groups in total. The second-order valence-electron chi connectivity index (χ2n) is 4.61. The summed E-state index contributed by atoms with van der Waals surface area (Å²) >= 11 is 0. The molecule has 96 valence electrons. The number of ether oxygens (including phenoxy) is 1. The molecule has 0 spiro atoms. The van der Waals surface area contributed by atoms with Crippen LogP contribution in [0.4, 0.5) is 0 Å². The quantitative estimate of drug-likeness (QED) is 0.891. The Morgan fingerprint density at radius 2 is 2.29 bits per heavy atom. The molecule has 2 aliphatic rings.